The molecule has 0 aromatic carbocycles. The molecule has 89 heavy (non-hydrogen) atoms. The van der Waals surface area contributed by atoms with E-state index in [1.165, 1.54) is 167 Å². The van der Waals surface area contributed by atoms with Crippen molar-refractivity contribution < 1.29 is 80.2 Å². The number of phosphoric acid groups is 2. The lowest BCUT2D eigenvalue weighted by Gasteiger charge is -2.21. The van der Waals surface area contributed by atoms with Crippen LogP contribution < -0.4 is 0 Å². The van der Waals surface area contributed by atoms with Gasteiger partial charge in [0.25, 0.3) is 0 Å². The molecular weight excluding hydrogens is 1170 g/mol. The first-order valence-corrected chi connectivity index (χ1v) is 39.6. The van der Waals surface area contributed by atoms with Gasteiger partial charge in [0, 0.05) is 25.7 Å². The summed E-state index contributed by atoms with van der Waals surface area (Å²) in [5.41, 5.74) is 0. The van der Waals surface area contributed by atoms with Crippen molar-refractivity contribution in [2.45, 2.75) is 374 Å². The molecule has 0 radical (unpaired) electrons. The highest BCUT2D eigenvalue weighted by Crippen LogP contribution is 2.45. The summed E-state index contributed by atoms with van der Waals surface area (Å²) < 4.78 is 68.1. The Morgan fingerprint density at radius 2 is 0.539 bits per heavy atom. The van der Waals surface area contributed by atoms with Crippen molar-refractivity contribution in [2.24, 2.45) is 11.8 Å². The van der Waals surface area contributed by atoms with Crippen LogP contribution in [0.3, 0.4) is 0 Å². The Kier molecular flexibility index (Phi) is 60.8. The maximum Gasteiger partial charge on any atom is 0.472 e. The lowest BCUT2D eigenvalue weighted by molar-refractivity contribution is -0.161. The summed E-state index contributed by atoms with van der Waals surface area (Å²) in [6.45, 7) is 9.54. The normalized spacial score (nSPS) is 14.8. The van der Waals surface area contributed by atoms with Crippen LogP contribution in [0, 0.1) is 11.8 Å². The Morgan fingerprint density at radius 1 is 0.315 bits per heavy atom. The molecule has 0 aliphatic rings. The Morgan fingerprint density at radius 3 is 0.798 bits per heavy atom. The van der Waals surface area contributed by atoms with Crippen LogP contribution in [0.25, 0.3) is 0 Å². The number of ether oxygens (including phenoxy) is 4. The molecule has 0 fully saturated rings. The largest absolute Gasteiger partial charge is 0.472 e. The molecule has 17 nitrogen and oxygen atoms in total. The molecule has 528 valence electrons. The number of phosphoric ester groups is 2. The summed E-state index contributed by atoms with van der Waals surface area (Å²) in [5.74, 6) is -0.479. The van der Waals surface area contributed by atoms with E-state index in [1.54, 1.807) is 0 Å². The molecule has 7 atom stereocenters. The van der Waals surface area contributed by atoms with E-state index in [0.717, 1.165) is 108 Å². The summed E-state index contributed by atoms with van der Waals surface area (Å²) in [7, 11) is -9.89. The maximum absolute atomic E-state index is 13.0. The van der Waals surface area contributed by atoms with E-state index >= 15 is 0 Å². The van der Waals surface area contributed by atoms with Gasteiger partial charge in [-0.3, -0.25) is 37.3 Å². The van der Waals surface area contributed by atoms with Gasteiger partial charge in [-0.1, -0.05) is 305 Å². The van der Waals surface area contributed by atoms with Crippen molar-refractivity contribution in [3.05, 3.63) is 0 Å². The van der Waals surface area contributed by atoms with Gasteiger partial charge in [0.05, 0.1) is 26.4 Å². The molecule has 3 N–H and O–H groups in total. The fraction of sp³-hybridized carbons (Fsp3) is 0.943. The summed E-state index contributed by atoms with van der Waals surface area (Å²) in [4.78, 5) is 72.3. The Balaban J connectivity index is 5.16. The molecule has 0 aromatic heterocycles. The zero-order chi connectivity index (χ0) is 65.7. The molecule has 0 rings (SSSR count). The second-order valence-corrected chi connectivity index (χ2v) is 28.7. The summed E-state index contributed by atoms with van der Waals surface area (Å²) in [6, 6.07) is 0. The molecule has 4 unspecified atom stereocenters. The van der Waals surface area contributed by atoms with E-state index < -0.39 is 97.5 Å². The highest BCUT2D eigenvalue weighted by Gasteiger charge is 2.30. The first kappa shape index (κ1) is 87.1. The van der Waals surface area contributed by atoms with Crippen LogP contribution in [-0.2, 0) is 65.4 Å². The third kappa shape index (κ3) is 62.0. The lowest BCUT2D eigenvalue weighted by atomic mass is 9.99. The van der Waals surface area contributed by atoms with Crippen LogP contribution in [0.5, 0.6) is 0 Å². The van der Waals surface area contributed by atoms with Crippen molar-refractivity contribution in [2.75, 3.05) is 39.6 Å². The van der Waals surface area contributed by atoms with Gasteiger partial charge < -0.3 is 33.8 Å². The molecule has 19 heteroatoms. The van der Waals surface area contributed by atoms with Gasteiger partial charge in [0.15, 0.2) is 12.2 Å². The monoisotopic (exact) mass is 1310 g/mol. The maximum atomic E-state index is 13.0. The van der Waals surface area contributed by atoms with Crippen molar-refractivity contribution in [3.63, 3.8) is 0 Å². The molecule has 0 amide bonds. The molecular formula is C70H136O17P2. The van der Waals surface area contributed by atoms with Gasteiger partial charge in [-0.15, -0.1) is 0 Å². The predicted molar refractivity (Wildman–Crippen MR) is 358 cm³/mol. The summed E-state index contributed by atoms with van der Waals surface area (Å²) >= 11 is 0. The standard InChI is InChI=1S/C70H136O17P2/c1-7-11-13-15-16-17-18-24-31-36-42-48-54-69(74)86-65(58-80-67(72)52-46-38-14-12-8-2)60-84-88(76,77)82-56-64(71)57-83-89(78,79)85-61-66(59-81-68(73)53-47-41-35-30-27-26-29-34-40-45-51-63(6)10-4)87-70(75)55-49-43-37-32-25-22-20-19-21-23-28-33-39-44-50-62(5)9-3/h62-66,71H,7-61H2,1-6H3,(H,76,77)(H,78,79)/t62?,63?,64-,65+,66+/m0/s1. The minimum absolute atomic E-state index is 0.106. The Labute approximate surface area is 543 Å². The molecule has 0 heterocycles. The zero-order valence-corrected chi connectivity index (χ0v) is 59.5. The van der Waals surface area contributed by atoms with Gasteiger partial charge in [0.2, 0.25) is 0 Å². The predicted octanol–water partition coefficient (Wildman–Crippen LogP) is 20.0. The third-order valence-corrected chi connectivity index (χ3v) is 18.8. The Hall–Kier alpha value is -1.94. The first-order chi connectivity index (χ1) is 42.9. The number of carbonyl (C=O) groups excluding carboxylic acids is 4. The molecule has 0 bridgehead atoms. The molecule has 0 aromatic rings. The number of rotatable bonds is 69. The first-order valence-electron chi connectivity index (χ1n) is 36.6. The fourth-order valence-electron chi connectivity index (χ4n) is 10.5. The number of aliphatic hydroxyl groups is 1. The highest BCUT2D eigenvalue weighted by atomic mass is 31.2. The molecule has 0 saturated carbocycles. The van der Waals surface area contributed by atoms with Gasteiger partial charge >= 0.3 is 39.5 Å². The molecule has 0 saturated heterocycles. The number of unbranched alkanes of at least 4 members (excludes halogenated alkanes) is 37. The van der Waals surface area contributed by atoms with E-state index in [0.29, 0.717) is 25.7 Å². The number of hydrogen-bond donors (Lipinski definition) is 3. The summed E-state index contributed by atoms with van der Waals surface area (Å²) in [6.07, 6.45) is 47.4. The van der Waals surface area contributed by atoms with E-state index in [1.807, 2.05) is 0 Å². The topological polar surface area (TPSA) is 237 Å². The average molecular weight is 1310 g/mol. The molecule has 0 spiro atoms. The molecule has 0 aliphatic heterocycles. The number of esters is 4. The van der Waals surface area contributed by atoms with Gasteiger partial charge in [-0.2, -0.15) is 0 Å². The van der Waals surface area contributed by atoms with Gasteiger partial charge in [0.1, 0.15) is 19.3 Å². The van der Waals surface area contributed by atoms with Crippen LogP contribution in [-0.4, -0.2) is 96.7 Å². The minimum atomic E-state index is -4.95. The van der Waals surface area contributed by atoms with Crippen molar-refractivity contribution >= 4 is 39.5 Å². The highest BCUT2D eigenvalue weighted by molar-refractivity contribution is 7.47. The Bertz CT molecular complexity index is 1740. The fourth-order valence-corrected chi connectivity index (χ4v) is 12.1. The number of hydrogen-bond acceptors (Lipinski definition) is 15. The lowest BCUT2D eigenvalue weighted by Crippen LogP contribution is -2.30. The van der Waals surface area contributed by atoms with E-state index in [2.05, 4.69) is 41.5 Å². The second-order valence-electron chi connectivity index (χ2n) is 25.8. The smallest absolute Gasteiger partial charge is 0.462 e. The van der Waals surface area contributed by atoms with Crippen LogP contribution >= 0.6 is 15.6 Å². The second kappa shape index (κ2) is 62.2. The number of aliphatic hydroxyl groups excluding tert-OH is 1. The van der Waals surface area contributed by atoms with Crippen LogP contribution in [0.4, 0.5) is 0 Å². The summed E-state index contributed by atoms with van der Waals surface area (Å²) in [5, 5.41) is 10.6. The average Bonchev–Trinajstić information content (AvgIpc) is 3.61. The van der Waals surface area contributed by atoms with E-state index in [9.17, 15) is 43.2 Å². The van der Waals surface area contributed by atoms with Crippen LogP contribution in [0.2, 0.25) is 0 Å². The van der Waals surface area contributed by atoms with Crippen LogP contribution in [0.15, 0.2) is 0 Å². The minimum Gasteiger partial charge on any atom is -0.462 e. The van der Waals surface area contributed by atoms with Crippen LogP contribution in [0.1, 0.15) is 356 Å². The third-order valence-electron chi connectivity index (χ3n) is 16.9. The van der Waals surface area contributed by atoms with E-state index in [4.69, 9.17) is 37.0 Å². The van der Waals surface area contributed by atoms with Crippen molar-refractivity contribution in [1.82, 2.24) is 0 Å². The van der Waals surface area contributed by atoms with Gasteiger partial charge in [-0.05, 0) is 37.5 Å². The van der Waals surface area contributed by atoms with Crippen molar-refractivity contribution in [1.29, 1.82) is 0 Å². The van der Waals surface area contributed by atoms with E-state index in [-0.39, 0.29) is 25.7 Å². The molecule has 0 aliphatic carbocycles. The quantitative estimate of drug-likeness (QED) is 0.0222. The van der Waals surface area contributed by atoms with Gasteiger partial charge in [-0.25, -0.2) is 9.13 Å². The number of carbonyl (C=O) groups is 4. The van der Waals surface area contributed by atoms with Crippen molar-refractivity contribution in [3.8, 4) is 0 Å². The zero-order valence-electron chi connectivity index (χ0n) is 57.7. The SMILES string of the molecule is CCCCCCCCCCCCCCC(=O)O[C@H](COC(=O)CCCCCCC)COP(=O)(O)OC[C@H](O)COP(=O)(O)OC[C@@H](COC(=O)CCCCCCCCCCCCC(C)CC)OC(=O)CCCCCCCCCCCCCCCCC(C)CC.